The Bertz CT molecular complexity index is 68.1. The molecule has 0 aromatic heterocycles. The zero-order valence-corrected chi connectivity index (χ0v) is 10.7. The summed E-state index contributed by atoms with van der Waals surface area (Å²) in [7, 11) is 0. The summed E-state index contributed by atoms with van der Waals surface area (Å²) in [5, 5.41) is 0. The van der Waals surface area contributed by atoms with Crippen LogP contribution in [-0.4, -0.2) is 0 Å². The first kappa shape index (κ1) is 24.3. The molecule has 0 heterocycles. The summed E-state index contributed by atoms with van der Waals surface area (Å²) >= 11 is 0. The lowest BCUT2D eigenvalue weighted by atomic mass is 9.84. The molecule has 0 aromatic rings. The fourth-order valence-corrected chi connectivity index (χ4v) is 1.74. The molecule has 98 valence electrons. The fourth-order valence-electron chi connectivity index (χ4n) is 1.74. The highest BCUT2D eigenvalue weighted by atomic mass is 14.2. The molecule has 1 fully saturated rings. The quantitative estimate of drug-likeness (QED) is 0.432. The SMILES string of the molecule is C.C.CC.CC1CCCC(C)C1.CCC. The first-order valence-corrected chi connectivity index (χ1v) is 6.20. The monoisotopic (exact) mass is 218 g/mol. The van der Waals surface area contributed by atoms with Gasteiger partial charge >= 0.3 is 0 Å². The van der Waals surface area contributed by atoms with E-state index in [0.29, 0.717) is 0 Å². The minimum absolute atomic E-state index is 0. The van der Waals surface area contributed by atoms with Gasteiger partial charge in [-0.05, 0) is 18.3 Å². The second kappa shape index (κ2) is 19.6. The molecule has 1 aliphatic rings. The summed E-state index contributed by atoms with van der Waals surface area (Å²) in [4.78, 5) is 0. The molecule has 0 radical (unpaired) electrons. The molecule has 2 unspecified atom stereocenters. The minimum Gasteiger partial charge on any atom is -0.0776 e. The van der Waals surface area contributed by atoms with Gasteiger partial charge in [0.25, 0.3) is 0 Å². The zero-order chi connectivity index (χ0) is 10.7. The Morgan fingerprint density at radius 3 is 1.27 bits per heavy atom. The Hall–Kier alpha value is 0. The van der Waals surface area contributed by atoms with Crippen molar-refractivity contribution in [3.8, 4) is 0 Å². The van der Waals surface area contributed by atoms with Crippen LogP contribution in [0.1, 0.15) is 88.5 Å². The molecule has 1 saturated carbocycles. The van der Waals surface area contributed by atoms with Gasteiger partial charge in [0.05, 0.1) is 0 Å². The van der Waals surface area contributed by atoms with E-state index in [0.717, 1.165) is 11.8 Å². The Balaban J connectivity index is -0.0000000763. The van der Waals surface area contributed by atoms with Crippen LogP contribution in [0.2, 0.25) is 0 Å². The lowest BCUT2D eigenvalue weighted by Crippen LogP contribution is -2.09. The molecule has 0 bridgehead atoms. The molecule has 0 amide bonds. The van der Waals surface area contributed by atoms with Crippen LogP contribution in [0.4, 0.5) is 0 Å². The van der Waals surface area contributed by atoms with Crippen molar-refractivity contribution in [1.82, 2.24) is 0 Å². The van der Waals surface area contributed by atoms with Crippen molar-refractivity contribution in [2.24, 2.45) is 11.8 Å². The van der Waals surface area contributed by atoms with Crippen LogP contribution in [0.3, 0.4) is 0 Å². The highest BCUT2D eigenvalue weighted by Gasteiger charge is 2.13. The van der Waals surface area contributed by atoms with Gasteiger partial charge in [0, 0.05) is 0 Å². The van der Waals surface area contributed by atoms with Crippen LogP contribution in [0, 0.1) is 11.8 Å². The van der Waals surface area contributed by atoms with Crippen molar-refractivity contribution in [2.75, 3.05) is 0 Å². The van der Waals surface area contributed by atoms with Crippen molar-refractivity contribution in [3.05, 3.63) is 0 Å². The molecule has 0 nitrogen and oxygen atoms in total. The fraction of sp³-hybridized carbons (Fsp3) is 1.00. The van der Waals surface area contributed by atoms with Crippen molar-refractivity contribution in [2.45, 2.75) is 88.5 Å². The van der Waals surface area contributed by atoms with Gasteiger partial charge in [-0.25, -0.2) is 0 Å². The van der Waals surface area contributed by atoms with Crippen LogP contribution >= 0.6 is 0 Å². The lowest BCUT2D eigenvalue weighted by molar-refractivity contribution is 0.301. The number of hydrogen-bond donors (Lipinski definition) is 0. The molecule has 1 rings (SSSR count). The molecule has 0 N–H and O–H groups in total. The van der Waals surface area contributed by atoms with Crippen molar-refractivity contribution in [3.63, 3.8) is 0 Å². The van der Waals surface area contributed by atoms with Gasteiger partial charge in [-0.3, -0.25) is 0 Å². The molecule has 0 aromatic carbocycles. The summed E-state index contributed by atoms with van der Waals surface area (Å²) < 4.78 is 0. The first-order chi connectivity index (χ1) is 6.20. The Kier molecular flexibility index (Phi) is 31.7. The van der Waals surface area contributed by atoms with Gasteiger partial charge in [0.2, 0.25) is 0 Å². The van der Waals surface area contributed by atoms with Crippen LogP contribution < -0.4 is 0 Å². The first-order valence-electron chi connectivity index (χ1n) is 6.20. The van der Waals surface area contributed by atoms with Crippen LogP contribution in [0.15, 0.2) is 0 Å². The average Bonchev–Trinajstić information content (AvgIpc) is 2.08. The molecule has 0 spiro atoms. The molecule has 0 saturated heterocycles. The molecule has 0 aliphatic heterocycles. The van der Waals surface area contributed by atoms with Gasteiger partial charge < -0.3 is 0 Å². The second-order valence-corrected chi connectivity index (χ2v) is 4.08. The van der Waals surface area contributed by atoms with E-state index >= 15 is 0 Å². The summed E-state index contributed by atoms with van der Waals surface area (Å²) in [6, 6.07) is 0. The van der Waals surface area contributed by atoms with Crippen molar-refractivity contribution < 1.29 is 0 Å². The van der Waals surface area contributed by atoms with E-state index < -0.39 is 0 Å². The maximum absolute atomic E-state index is 2.37. The van der Waals surface area contributed by atoms with Gasteiger partial charge in [-0.2, -0.15) is 0 Å². The predicted molar refractivity (Wildman–Crippen MR) is 77.6 cm³/mol. The van der Waals surface area contributed by atoms with E-state index in [1.165, 1.54) is 32.1 Å². The van der Waals surface area contributed by atoms with E-state index in [-0.39, 0.29) is 14.9 Å². The number of rotatable bonds is 0. The molecule has 2 atom stereocenters. The maximum Gasteiger partial charge on any atom is -0.0440 e. The van der Waals surface area contributed by atoms with E-state index in [1.807, 2.05) is 13.8 Å². The smallest absolute Gasteiger partial charge is 0.0440 e. The minimum atomic E-state index is 0. The van der Waals surface area contributed by atoms with Crippen LogP contribution in [-0.2, 0) is 0 Å². The maximum atomic E-state index is 2.37. The third-order valence-corrected chi connectivity index (χ3v) is 2.20. The van der Waals surface area contributed by atoms with Gasteiger partial charge in [0.15, 0.2) is 0 Å². The van der Waals surface area contributed by atoms with E-state index in [1.54, 1.807) is 0 Å². The van der Waals surface area contributed by atoms with Crippen LogP contribution in [0.5, 0.6) is 0 Å². The normalized spacial score (nSPS) is 22.8. The van der Waals surface area contributed by atoms with Crippen molar-refractivity contribution in [1.29, 1.82) is 0 Å². The third-order valence-electron chi connectivity index (χ3n) is 2.20. The summed E-state index contributed by atoms with van der Waals surface area (Å²) in [5.41, 5.74) is 0. The zero-order valence-electron chi connectivity index (χ0n) is 10.7. The summed E-state index contributed by atoms with van der Waals surface area (Å²) in [6.07, 6.45) is 7.15. The molecule has 1 aliphatic carbocycles. The average molecular weight is 218 g/mol. The Labute approximate surface area is 101 Å². The van der Waals surface area contributed by atoms with Crippen molar-refractivity contribution >= 4 is 0 Å². The van der Waals surface area contributed by atoms with Gasteiger partial charge in [-0.15, -0.1) is 0 Å². The lowest BCUT2D eigenvalue weighted by Gasteiger charge is -2.22. The highest BCUT2D eigenvalue weighted by molar-refractivity contribution is 4.66. The standard InChI is InChI=1S/C8H16.C3H8.C2H6.2CH4/c1-7-4-3-5-8(2)6-7;1-3-2;1-2;;/h7-8H,3-6H2,1-2H3;3H2,1-2H3;1-2H3;2*1H4. The van der Waals surface area contributed by atoms with Gasteiger partial charge in [-0.1, -0.05) is 82.1 Å². The van der Waals surface area contributed by atoms with E-state index in [9.17, 15) is 0 Å². The number of hydrogen-bond acceptors (Lipinski definition) is 0. The predicted octanol–water partition coefficient (Wildman–Crippen LogP) is 6.55. The van der Waals surface area contributed by atoms with E-state index in [2.05, 4.69) is 27.7 Å². The Morgan fingerprint density at radius 1 is 0.867 bits per heavy atom. The Morgan fingerprint density at radius 2 is 1.13 bits per heavy atom. The summed E-state index contributed by atoms with van der Waals surface area (Å²) in [6.45, 7) is 13.0. The van der Waals surface area contributed by atoms with Crippen LogP contribution in [0.25, 0.3) is 0 Å². The molecular weight excluding hydrogens is 180 g/mol. The second-order valence-electron chi connectivity index (χ2n) is 4.08. The molecule has 15 heavy (non-hydrogen) atoms. The summed E-state index contributed by atoms with van der Waals surface area (Å²) in [5.74, 6) is 2.03. The molecular formula is C15H38. The third kappa shape index (κ3) is 20.2. The molecule has 0 heteroatoms. The van der Waals surface area contributed by atoms with Gasteiger partial charge in [0.1, 0.15) is 0 Å². The van der Waals surface area contributed by atoms with E-state index in [4.69, 9.17) is 0 Å². The highest BCUT2D eigenvalue weighted by Crippen LogP contribution is 2.27. The topological polar surface area (TPSA) is 0 Å². The largest absolute Gasteiger partial charge is 0.0776 e.